The molecule has 26 heavy (non-hydrogen) atoms. The van der Waals surface area contributed by atoms with E-state index in [0.717, 1.165) is 5.56 Å². The molecule has 0 heterocycles. The van der Waals surface area contributed by atoms with Gasteiger partial charge in [0.25, 0.3) is 5.91 Å². The average molecular weight is 378 g/mol. The molecule has 0 bridgehead atoms. The number of thioether (sulfide) groups is 1. The number of amides is 2. The van der Waals surface area contributed by atoms with E-state index in [1.54, 1.807) is 49.0 Å². The molecule has 0 aliphatic rings. The molecule has 1 aromatic carbocycles. The van der Waals surface area contributed by atoms with Gasteiger partial charge in [-0.1, -0.05) is 29.8 Å². The highest BCUT2D eigenvalue weighted by Crippen LogP contribution is 2.07. The van der Waals surface area contributed by atoms with E-state index in [2.05, 4.69) is 10.6 Å². The number of carboxylic acid groups (broad SMARTS) is 1. The van der Waals surface area contributed by atoms with E-state index in [1.165, 1.54) is 0 Å². The van der Waals surface area contributed by atoms with Crippen LogP contribution in [0.3, 0.4) is 0 Å². The lowest BCUT2D eigenvalue weighted by Crippen LogP contribution is -2.51. The van der Waals surface area contributed by atoms with E-state index in [-0.39, 0.29) is 12.3 Å². The number of hydrogen-bond donors (Lipinski definition) is 3. The number of aryl methyl sites for hydroxylation is 1. The molecular weight excluding hydrogens is 352 g/mol. The number of benzene rings is 1. The molecule has 1 aromatic rings. The zero-order valence-electron chi connectivity index (χ0n) is 15.3. The summed E-state index contributed by atoms with van der Waals surface area (Å²) in [5.41, 5.74) is 1.41. The molecule has 0 saturated heterocycles. The highest BCUT2D eigenvalue weighted by Gasteiger charge is 2.26. The summed E-state index contributed by atoms with van der Waals surface area (Å²) in [6, 6.07) is 5.27. The van der Waals surface area contributed by atoms with Crippen molar-refractivity contribution in [3.8, 4) is 0 Å². The van der Waals surface area contributed by atoms with E-state index < -0.39 is 24.0 Å². The van der Waals surface area contributed by atoms with Crippen molar-refractivity contribution in [2.45, 2.75) is 38.8 Å². The van der Waals surface area contributed by atoms with Gasteiger partial charge in [0.2, 0.25) is 5.91 Å². The maximum atomic E-state index is 12.5. The maximum Gasteiger partial charge on any atom is 0.326 e. The van der Waals surface area contributed by atoms with Crippen LogP contribution in [0.15, 0.2) is 36.4 Å². The molecule has 0 spiro atoms. The Morgan fingerprint density at radius 2 is 1.96 bits per heavy atom. The highest BCUT2D eigenvalue weighted by molar-refractivity contribution is 7.98. The van der Waals surface area contributed by atoms with Gasteiger partial charge in [-0.15, -0.1) is 0 Å². The molecule has 0 aromatic heterocycles. The summed E-state index contributed by atoms with van der Waals surface area (Å²) in [5.74, 6) is -1.28. The molecule has 0 fully saturated rings. The van der Waals surface area contributed by atoms with Crippen molar-refractivity contribution < 1.29 is 19.5 Å². The van der Waals surface area contributed by atoms with Gasteiger partial charge in [-0.05, 0) is 50.8 Å². The average Bonchev–Trinajstić information content (AvgIpc) is 2.61. The van der Waals surface area contributed by atoms with Crippen LogP contribution in [0.2, 0.25) is 0 Å². The van der Waals surface area contributed by atoms with E-state index >= 15 is 0 Å². The number of aliphatic carboxylic acids is 1. The number of carbonyl (C=O) groups is 3. The number of nitrogens with one attached hydrogen (secondary N) is 2. The standard InChI is InChI=1S/C19H26N2O4S/c1-4-5-9-16(19(24)25)21-18(23)15(10-11-26-3)20-17(22)14-8-6-7-13(2)12-14/h4-8,12,15-16H,9-11H2,1-3H3,(H,20,22)(H,21,23)(H,24,25)/b5-4+. The molecule has 6 nitrogen and oxygen atoms in total. The fraction of sp³-hybridized carbons (Fsp3) is 0.421. The van der Waals surface area contributed by atoms with Crippen LogP contribution in [0, 0.1) is 6.92 Å². The van der Waals surface area contributed by atoms with Gasteiger partial charge in [0.1, 0.15) is 12.1 Å². The van der Waals surface area contributed by atoms with Gasteiger partial charge in [-0.3, -0.25) is 9.59 Å². The van der Waals surface area contributed by atoms with E-state index in [0.29, 0.717) is 17.7 Å². The normalized spacial score (nSPS) is 13.2. The molecule has 1 rings (SSSR count). The predicted octanol–water partition coefficient (Wildman–Crippen LogP) is 2.38. The number of hydrogen-bond acceptors (Lipinski definition) is 4. The molecule has 142 valence electrons. The Bertz CT molecular complexity index is 661. The van der Waals surface area contributed by atoms with Gasteiger partial charge < -0.3 is 15.7 Å². The molecule has 7 heteroatoms. The molecule has 0 saturated carbocycles. The van der Waals surface area contributed by atoms with Crippen LogP contribution in [0.25, 0.3) is 0 Å². The molecule has 2 unspecified atom stereocenters. The molecule has 2 atom stereocenters. The van der Waals surface area contributed by atoms with Crippen molar-refractivity contribution in [1.29, 1.82) is 0 Å². The van der Waals surface area contributed by atoms with Crippen LogP contribution in [-0.2, 0) is 9.59 Å². The second kappa shape index (κ2) is 11.4. The Hall–Kier alpha value is -2.28. The smallest absolute Gasteiger partial charge is 0.326 e. The first-order valence-electron chi connectivity index (χ1n) is 8.39. The van der Waals surface area contributed by atoms with Crippen LogP contribution < -0.4 is 10.6 Å². The van der Waals surface area contributed by atoms with Crippen LogP contribution in [0.5, 0.6) is 0 Å². The number of rotatable bonds is 10. The SMILES string of the molecule is C/C=C/CC(NC(=O)C(CCSC)NC(=O)c1cccc(C)c1)C(=O)O. The van der Waals surface area contributed by atoms with Crippen molar-refractivity contribution >= 4 is 29.5 Å². The highest BCUT2D eigenvalue weighted by atomic mass is 32.2. The summed E-state index contributed by atoms with van der Waals surface area (Å²) in [6.07, 6.45) is 5.93. The van der Waals surface area contributed by atoms with Gasteiger partial charge in [0.15, 0.2) is 0 Å². The molecule has 0 aliphatic carbocycles. The zero-order chi connectivity index (χ0) is 19.5. The van der Waals surface area contributed by atoms with Gasteiger partial charge in [0.05, 0.1) is 0 Å². The molecule has 3 N–H and O–H groups in total. The third-order valence-corrected chi connectivity index (χ3v) is 4.38. The summed E-state index contributed by atoms with van der Waals surface area (Å²) in [7, 11) is 0. The monoisotopic (exact) mass is 378 g/mol. The molecule has 2 amide bonds. The third-order valence-electron chi connectivity index (χ3n) is 3.73. The lowest BCUT2D eigenvalue weighted by atomic mass is 10.1. The van der Waals surface area contributed by atoms with Crippen LogP contribution in [0.4, 0.5) is 0 Å². The van der Waals surface area contributed by atoms with Gasteiger partial charge in [0, 0.05) is 5.56 Å². The van der Waals surface area contributed by atoms with E-state index in [4.69, 9.17) is 0 Å². The van der Waals surface area contributed by atoms with E-state index in [9.17, 15) is 19.5 Å². The minimum absolute atomic E-state index is 0.193. The summed E-state index contributed by atoms with van der Waals surface area (Å²) in [5, 5.41) is 14.5. The first-order valence-corrected chi connectivity index (χ1v) is 9.79. The lowest BCUT2D eigenvalue weighted by molar-refractivity contribution is -0.142. The Morgan fingerprint density at radius 3 is 2.54 bits per heavy atom. The van der Waals surface area contributed by atoms with Gasteiger partial charge in [-0.25, -0.2) is 4.79 Å². The molecule has 0 radical (unpaired) electrons. The van der Waals surface area contributed by atoms with E-state index in [1.807, 2.05) is 19.2 Å². The lowest BCUT2D eigenvalue weighted by Gasteiger charge is -2.21. The van der Waals surface area contributed by atoms with Gasteiger partial charge in [-0.2, -0.15) is 11.8 Å². The minimum Gasteiger partial charge on any atom is -0.480 e. The Kier molecular flexibility index (Phi) is 9.51. The van der Waals surface area contributed by atoms with Crippen molar-refractivity contribution in [2.24, 2.45) is 0 Å². The first-order chi connectivity index (χ1) is 12.4. The van der Waals surface area contributed by atoms with Crippen molar-refractivity contribution in [2.75, 3.05) is 12.0 Å². The van der Waals surface area contributed by atoms with Crippen LogP contribution in [0.1, 0.15) is 35.7 Å². The van der Waals surface area contributed by atoms with Crippen LogP contribution >= 0.6 is 11.8 Å². The second-order valence-corrected chi connectivity index (χ2v) is 6.87. The summed E-state index contributed by atoms with van der Waals surface area (Å²) in [4.78, 5) is 36.3. The number of carboxylic acids is 1. The Balaban J connectivity index is 2.85. The first kappa shape index (κ1) is 21.8. The fourth-order valence-corrected chi connectivity index (χ4v) is 2.77. The van der Waals surface area contributed by atoms with Crippen molar-refractivity contribution in [1.82, 2.24) is 10.6 Å². The fourth-order valence-electron chi connectivity index (χ4n) is 2.30. The number of allylic oxidation sites excluding steroid dienone is 1. The third kappa shape index (κ3) is 7.31. The second-order valence-electron chi connectivity index (χ2n) is 5.88. The topological polar surface area (TPSA) is 95.5 Å². The quantitative estimate of drug-likeness (QED) is 0.543. The number of carbonyl (C=O) groups excluding carboxylic acids is 2. The predicted molar refractivity (Wildman–Crippen MR) is 104 cm³/mol. The summed E-state index contributed by atoms with van der Waals surface area (Å²) >= 11 is 1.55. The maximum absolute atomic E-state index is 12.5. The summed E-state index contributed by atoms with van der Waals surface area (Å²) in [6.45, 7) is 3.66. The zero-order valence-corrected chi connectivity index (χ0v) is 16.1. The Morgan fingerprint density at radius 1 is 1.23 bits per heavy atom. The Labute approximate surface area is 158 Å². The minimum atomic E-state index is -1.11. The largest absolute Gasteiger partial charge is 0.480 e. The molecular formula is C19H26N2O4S. The van der Waals surface area contributed by atoms with Crippen molar-refractivity contribution in [3.63, 3.8) is 0 Å². The summed E-state index contributed by atoms with van der Waals surface area (Å²) < 4.78 is 0. The van der Waals surface area contributed by atoms with Crippen molar-refractivity contribution in [3.05, 3.63) is 47.5 Å². The van der Waals surface area contributed by atoms with Crippen LogP contribution in [-0.4, -0.2) is 47.0 Å². The van der Waals surface area contributed by atoms with Gasteiger partial charge >= 0.3 is 5.97 Å². The molecule has 0 aliphatic heterocycles.